The summed E-state index contributed by atoms with van der Waals surface area (Å²) >= 11 is 0. The lowest BCUT2D eigenvalue weighted by molar-refractivity contribution is 0.0836. The van der Waals surface area contributed by atoms with Gasteiger partial charge in [0.25, 0.3) is 0 Å². The van der Waals surface area contributed by atoms with Gasteiger partial charge in [0, 0.05) is 30.1 Å². The first-order valence-electron chi connectivity index (χ1n) is 7.38. The van der Waals surface area contributed by atoms with Gasteiger partial charge in [-0.3, -0.25) is 4.90 Å². The monoisotopic (exact) mass is 260 g/mol. The normalized spacial score (nSPS) is 34.9. The summed E-state index contributed by atoms with van der Waals surface area (Å²) in [5.74, 6) is 2.25. The van der Waals surface area contributed by atoms with E-state index in [-0.39, 0.29) is 0 Å². The molecule has 1 saturated heterocycles. The summed E-state index contributed by atoms with van der Waals surface area (Å²) in [7, 11) is 0. The quantitative estimate of drug-likeness (QED) is 0.887. The number of fused-ring (bicyclic) bond motifs is 1. The van der Waals surface area contributed by atoms with E-state index in [1.165, 1.54) is 12.0 Å². The van der Waals surface area contributed by atoms with Crippen LogP contribution < -0.4 is 10.5 Å². The summed E-state index contributed by atoms with van der Waals surface area (Å²) in [4.78, 5) is 2.64. The third kappa shape index (κ3) is 2.26. The molecule has 2 N–H and O–H groups in total. The van der Waals surface area contributed by atoms with E-state index >= 15 is 0 Å². The molecule has 3 rings (SSSR count). The van der Waals surface area contributed by atoms with E-state index in [9.17, 15) is 0 Å². The number of rotatable bonds is 2. The lowest BCUT2D eigenvalue weighted by Crippen LogP contribution is -2.40. The van der Waals surface area contributed by atoms with Gasteiger partial charge >= 0.3 is 0 Å². The zero-order chi connectivity index (χ0) is 13.4. The van der Waals surface area contributed by atoms with Crippen molar-refractivity contribution in [2.45, 2.75) is 32.4 Å². The summed E-state index contributed by atoms with van der Waals surface area (Å²) in [5, 5.41) is 0. The Morgan fingerprint density at radius 2 is 2.11 bits per heavy atom. The second-order valence-electron chi connectivity index (χ2n) is 6.15. The third-order valence-corrected chi connectivity index (χ3v) is 4.68. The number of nitrogens with zero attached hydrogens (tertiary/aromatic N) is 1. The van der Waals surface area contributed by atoms with Gasteiger partial charge in [-0.25, -0.2) is 0 Å². The Morgan fingerprint density at radius 3 is 2.84 bits per heavy atom. The van der Waals surface area contributed by atoms with Crippen LogP contribution in [-0.4, -0.2) is 30.6 Å². The summed E-state index contributed by atoms with van der Waals surface area (Å²) in [6, 6.07) is 9.59. The molecule has 2 aliphatic rings. The first kappa shape index (κ1) is 12.9. The molecule has 0 saturated carbocycles. The molecule has 3 nitrogen and oxygen atoms in total. The molecule has 3 heteroatoms. The maximum atomic E-state index is 5.87. The van der Waals surface area contributed by atoms with Crippen LogP contribution >= 0.6 is 0 Å². The summed E-state index contributed by atoms with van der Waals surface area (Å²) in [6.07, 6.45) is 1.22. The highest BCUT2D eigenvalue weighted by atomic mass is 16.5. The van der Waals surface area contributed by atoms with E-state index in [2.05, 4.69) is 43.0 Å². The van der Waals surface area contributed by atoms with Crippen molar-refractivity contribution in [2.24, 2.45) is 17.6 Å². The Balaban J connectivity index is 1.91. The molecule has 0 spiro atoms. The van der Waals surface area contributed by atoms with Crippen LogP contribution in [0, 0.1) is 11.8 Å². The maximum Gasteiger partial charge on any atom is 0.124 e. The van der Waals surface area contributed by atoms with Crippen LogP contribution in [0.15, 0.2) is 24.3 Å². The lowest BCUT2D eigenvalue weighted by atomic mass is 9.90. The van der Waals surface area contributed by atoms with Crippen LogP contribution in [-0.2, 0) is 0 Å². The van der Waals surface area contributed by atoms with Crippen molar-refractivity contribution in [1.29, 1.82) is 0 Å². The number of para-hydroxylation sites is 1. The van der Waals surface area contributed by atoms with Gasteiger partial charge in [0.05, 0.1) is 6.61 Å². The highest BCUT2D eigenvalue weighted by Crippen LogP contribution is 2.42. The van der Waals surface area contributed by atoms with E-state index in [0.29, 0.717) is 23.9 Å². The minimum atomic E-state index is 0.483. The van der Waals surface area contributed by atoms with Crippen LogP contribution in [0.25, 0.3) is 0 Å². The Morgan fingerprint density at radius 1 is 1.32 bits per heavy atom. The highest BCUT2D eigenvalue weighted by Gasteiger charge is 2.39. The van der Waals surface area contributed by atoms with Gasteiger partial charge in [0.2, 0.25) is 0 Å². The Kier molecular flexibility index (Phi) is 3.50. The molecule has 2 aliphatic heterocycles. The predicted molar refractivity (Wildman–Crippen MR) is 77.2 cm³/mol. The van der Waals surface area contributed by atoms with Crippen molar-refractivity contribution in [3.05, 3.63) is 29.8 Å². The number of hydrogen-bond acceptors (Lipinski definition) is 3. The van der Waals surface area contributed by atoms with Crippen molar-refractivity contribution in [3.63, 3.8) is 0 Å². The molecule has 2 heterocycles. The fraction of sp³-hybridized carbons (Fsp3) is 0.625. The summed E-state index contributed by atoms with van der Waals surface area (Å²) in [6.45, 7) is 7.38. The molecular weight excluding hydrogens is 236 g/mol. The minimum absolute atomic E-state index is 0.483. The van der Waals surface area contributed by atoms with E-state index < -0.39 is 0 Å². The minimum Gasteiger partial charge on any atom is -0.493 e. The smallest absolute Gasteiger partial charge is 0.124 e. The summed E-state index contributed by atoms with van der Waals surface area (Å²) in [5.41, 5.74) is 7.22. The molecule has 1 aromatic carbocycles. The van der Waals surface area contributed by atoms with E-state index in [1.54, 1.807) is 0 Å². The molecule has 4 unspecified atom stereocenters. The van der Waals surface area contributed by atoms with Crippen molar-refractivity contribution in [3.8, 4) is 5.75 Å². The van der Waals surface area contributed by atoms with Gasteiger partial charge in [-0.05, 0) is 31.9 Å². The third-order valence-electron chi connectivity index (χ3n) is 4.68. The van der Waals surface area contributed by atoms with Crippen molar-refractivity contribution >= 4 is 0 Å². The first-order chi connectivity index (χ1) is 9.20. The molecule has 0 aliphatic carbocycles. The van der Waals surface area contributed by atoms with Crippen molar-refractivity contribution in [1.82, 2.24) is 4.90 Å². The topological polar surface area (TPSA) is 38.5 Å². The fourth-order valence-corrected chi connectivity index (χ4v) is 3.71. The highest BCUT2D eigenvalue weighted by molar-refractivity contribution is 5.38. The molecule has 1 fully saturated rings. The molecule has 4 atom stereocenters. The van der Waals surface area contributed by atoms with Crippen molar-refractivity contribution in [2.75, 3.05) is 19.7 Å². The van der Waals surface area contributed by atoms with Gasteiger partial charge in [0.1, 0.15) is 5.75 Å². The van der Waals surface area contributed by atoms with Gasteiger partial charge in [-0.2, -0.15) is 0 Å². The number of ether oxygens (including phenoxy) is 1. The zero-order valence-electron chi connectivity index (χ0n) is 11.9. The Hall–Kier alpha value is -1.06. The second-order valence-corrected chi connectivity index (χ2v) is 6.15. The first-order valence-corrected chi connectivity index (χ1v) is 7.38. The van der Waals surface area contributed by atoms with Crippen LogP contribution in [0.5, 0.6) is 5.75 Å². The number of likely N-dealkylation sites (tertiary alicyclic amines) is 1. The SMILES string of the molecule is CC1COc2ccccc2C1N1CC(CN)CC1C. The van der Waals surface area contributed by atoms with Gasteiger partial charge in [-0.15, -0.1) is 0 Å². The molecular formula is C16H24N2O. The fourth-order valence-electron chi connectivity index (χ4n) is 3.71. The predicted octanol–water partition coefficient (Wildman–Crippen LogP) is 2.43. The molecule has 19 heavy (non-hydrogen) atoms. The maximum absolute atomic E-state index is 5.87. The van der Waals surface area contributed by atoms with Gasteiger partial charge in [-0.1, -0.05) is 25.1 Å². The number of hydrogen-bond donors (Lipinski definition) is 1. The molecule has 1 aromatic rings. The standard InChI is InChI=1S/C16H24N2O/c1-11-10-19-15-6-4-3-5-14(15)16(11)18-9-13(8-17)7-12(18)2/h3-6,11-13,16H,7-10,17H2,1-2H3. The van der Waals surface area contributed by atoms with Gasteiger partial charge in [0.15, 0.2) is 0 Å². The molecule has 0 bridgehead atoms. The number of nitrogens with two attached hydrogens (primary N) is 1. The molecule has 104 valence electrons. The van der Waals surface area contributed by atoms with Crippen LogP contribution in [0.1, 0.15) is 31.9 Å². The molecule has 0 amide bonds. The zero-order valence-corrected chi connectivity index (χ0v) is 11.9. The average molecular weight is 260 g/mol. The van der Waals surface area contributed by atoms with Crippen LogP contribution in [0.2, 0.25) is 0 Å². The average Bonchev–Trinajstić information content (AvgIpc) is 2.80. The lowest BCUT2D eigenvalue weighted by Gasteiger charge is -2.39. The summed E-state index contributed by atoms with van der Waals surface area (Å²) < 4.78 is 5.86. The van der Waals surface area contributed by atoms with Crippen molar-refractivity contribution < 1.29 is 4.74 Å². The largest absolute Gasteiger partial charge is 0.493 e. The van der Waals surface area contributed by atoms with E-state index in [0.717, 1.165) is 25.4 Å². The van der Waals surface area contributed by atoms with Crippen LogP contribution in [0.3, 0.4) is 0 Å². The number of benzene rings is 1. The van der Waals surface area contributed by atoms with Crippen LogP contribution in [0.4, 0.5) is 0 Å². The second kappa shape index (κ2) is 5.14. The Labute approximate surface area is 115 Å². The van der Waals surface area contributed by atoms with E-state index in [1.807, 2.05) is 0 Å². The molecule has 0 radical (unpaired) electrons. The van der Waals surface area contributed by atoms with E-state index in [4.69, 9.17) is 10.5 Å². The van der Waals surface area contributed by atoms with Gasteiger partial charge < -0.3 is 10.5 Å². The Bertz CT molecular complexity index is 448. The molecule has 0 aromatic heterocycles.